The van der Waals surface area contributed by atoms with Crippen LogP contribution in [-0.2, 0) is 24.7 Å². The van der Waals surface area contributed by atoms with Gasteiger partial charge >= 0.3 is 10.3 Å². The van der Waals surface area contributed by atoms with Gasteiger partial charge in [-0.15, -0.1) is 0 Å². The highest BCUT2D eigenvalue weighted by Crippen LogP contribution is 2.28. The minimum atomic E-state index is -4.64. The van der Waals surface area contributed by atoms with E-state index in [-0.39, 0.29) is 21.4 Å². The molecule has 2 amide bonds. The second-order valence-corrected chi connectivity index (χ2v) is 6.90. The van der Waals surface area contributed by atoms with E-state index in [9.17, 15) is 18.0 Å². The molecule has 1 atom stereocenters. The normalized spacial score (nSPS) is 18.3. The molecule has 1 aliphatic rings. The lowest BCUT2D eigenvalue weighted by atomic mass is 10.1. The first kappa shape index (κ1) is 18.4. The van der Waals surface area contributed by atoms with E-state index in [0.29, 0.717) is 5.03 Å². The quantitative estimate of drug-likeness (QED) is 0.212. The van der Waals surface area contributed by atoms with E-state index in [1.54, 1.807) is 0 Å². The predicted molar refractivity (Wildman–Crippen MR) is 85.7 cm³/mol. The number of rotatable bonds is 6. The van der Waals surface area contributed by atoms with Gasteiger partial charge in [-0.3, -0.25) is 14.1 Å². The number of hydrogen-bond acceptors (Lipinski definition) is 8. The Balaban J connectivity index is 2.17. The van der Waals surface area contributed by atoms with Crippen LogP contribution in [0.4, 0.5) is 5.82 Å². The second-order valence-electron chi connectivity index (χ2n) is 4.54. The van der Waals surface area contributed by atoms with E-state index in [2.05, 4.69) is 20.3 Å². The molecule has 0 aromatic carbocycles. The Morgan fingerprint density at radius 2 is 2.33 bits per heavy atom. The molecule has 1 aromatic heterocycles. The Morgan fingerprint density at radius 1 is 1.67 bits per heavy atom. The highest BCUT2D eigenvalue weighted by molar-refractivity contribution is 8.21. The van der Waals surface area contributed by atoms with Crippen LogP contribution in [0.3, 0.4) is 0 Å². The Hall–Kier alpha value is -1.96. The van der Waals surface area contributed by atoms with Gasteiger partial charge in [-0.1, -0.05) is 5.16 Å². The molecule has 2 heterocycles. The van der Waals surface area contributed by atoms with Gasteiger partial charge in [0.25, 0.3) is 11.8 Å². The summed E-state index contributed by atoms with van der Waals surface area (Å²) < 4.78 is 30.7. The van der Waals surface area contributed by atoms with Crippen LogP contribution in [0.15, 0.2) is 16.2 Å². The topological polar surface area (TPSA) is 167 Å². The number of anilines is 1. The van der Waals surface area contributed by atoms with Crippen molar-refractivity contribution in [3.8, 4) is 0 Å². The van der Waals surface area contributed by atoms with Crippen molar-refractivity contribution >= 4 is 55.3 Å². The van der Waals surface area contributed by atoms with E-state index in [0.717, 1.165) is 11.0 Å². The van der Waals surface area contributed by atoms with Crippen LogP contribution in [0.1, 0.15) is 5.56 Å². The molecule has 5 N–H and O–H groups in total. The van der Waals surface area contributed by atoms with Crippen LogP contribution in [-0.4, -0.2) is 59.5 Å². The van der Waals surface area contributed by atoms with Crippen LogP contribution in [0.5, 0.6) is 0 Å². The van der Waals surface area contributed by atoms with Gasteiger partial charge < -0.3 is 20.9 Å². The molecule has 0 aliphatic carbocycles. The van der Waals surface area contributed by atoms with Crippen molar-refractivity contribution in [2.45, 2.75) is 11.1 Å². The Bertz CT molecular complexity index is 807. The zero-order valence-corrected chi connectivity index (χ0v) is 14.4. The van der Waals surface area contributed by atoms with Gasteiger partial charge in [-0.05, 0) is 27.7 Å². The van der Waals surface area contributed by atoms with E-state index in [1.807, 2.05) is 0 Å². The summed E-state index contributed by atoms with van der Waals surface area (Å²) in [6.07, 6.45) is 0. The standard InChI is InChI=1S/C10H12ClN5O6S2/c1-22-15-7(4-2-6(12)14-9(4)23-11)8(17)13-5-3-16(10(5)18)24(19,20)21/h2,5,14H,3,12H2,1H3,(H,13,17)(H,19,20,21). The highest BCUT2D eigenvalue weighted by Gasteiger charge is 2.45. The summed E-state index contributed by atoms with van der Waals surface area (Å²) in [7, 11) is 3.02. The van der Waals surface area contributed by atoms with Gasteiger partial charge in [0.05, 0.1) is 11.6 Å². The number of aromatic nitrogens is 1. The summed E-state index contributed by atoms with van der Waals surface area (Å²) in [5.74, 6) is -1.55. The number of H-pyrrole nitrogens is 1. The fourth-order valence-electron chi connectivity index (χ4n) is 1.93. The molecule has 132 valence electrons. The molecule has 1 aromatic rings. The molecule has 1 unspecified atom stereocenters. The predicted octanol–water partition coefficient (Wildman–Crippen LogP) is -0.677. The molecule has 1 saturated heterocycles. The van der Waals surface area contributed by atoms with Crippen molar-refractivity contribution in [3.05, 3.63) is 11.6 Å². The number of amides is 2. The van der Waals surface area contributed by atoms with Gasteiger partial charge in [0, 0.05) is 5.56 Å². The Labute approximate surface area is 144 Å². The molecule has 0 spiro atoms. The van der Waals surface area contributed by atoms with Gasteiger partial charge in [-0.25, -0.2) is 4.31 Å². The number of carbonyl (C=O) groups is 2. The zero-order chi connectivity index (χ0) is 18.1. The first-order valence-electron chi connectivity index (χ1n) is 6.17. The van der Waals surface area contributed by atoms with E-state index in [4.69, 9.17) is 21.0 Å². The summed E-state index contributed by atoms with van der Waals surface area (Å²) in [6, 6.07) is 0.278. The maximum absolute atomic E-state index is 12.3. The highest BCUT2D eigenvalue weighted by atomic mass is 35.7. The van der Waals surface area contributed by atoms with E-state index in [1.165, 1.54) is 13.2 Å². The third-order valence-corrected chi connectivity index (χ3v) is 4.83. The first-order chi connectivity index (χ1) is 11.2. The van der Waals surface area contributed by atoms with E-state index >= 15 is 0 Å². The minimum Gasteiger partial charge on any atom is -0.398 e. The van der Waals surface area contributed by atoms with Crippen LogP contribution >= 0.6 is 21.7 Å². The van der Waals surface area contributed by atoms with Crippen molar-refractivity contribution in [1.29, 1.82) is 0 Å². The van der Waals surface area contributed by atoms with Gasteiger partial charge in [0.2, 0.25) is 0 Å². The summed E-state index contributed by atoms with van der Waals surface area (Å²) in [5.41, 5.74) is 5.63. The maximum Gasteiger partial charge on any atom is 0.362 e. The van der Waals surface area contributed by atoms with Crippen LogP contribution in [0.25, 0.3) is 0 Å². The van der Waals surface area contributed by atoms with Gasteiger partial charge in [-0.2, -0.15) is 8.42 Å². The number of halogens is 1. The van der Waals surface area contributed by atoms with Gasteiger partial charge in [0.1, 0.15) is 19.0 Å². The zero-order valence-electron chi connectivity index (χ0n) is 12.0. The number of oxime groups is 1. The summed E-state index contributed by atoms with van der Waals surface area (Å²) in [6.45, 7) is -0.393. The number of carbonyl (C=O) groups excluding carboxylic acids is 2. The molecule has 0 bridgehead atoms. The number of nitrogen functional groups attached to an aromatic ring is 1. The Morgan fingerprint density at radius 3 is 2.83 bits per heavy atom. The number of nitrogens with zero attached hydrogens (tertiary/aromatic N) is 2. The lowest BCUT2D eigenvalue weighted by Crippen LogP contribution is -2.65. The van der Waals surface area contributed by atoms with Crippen LogP contribution in [0.2, 0.25) is 0 Å². The molecular formula is C10H12ClN5O6S2. The van der Waals surface area contributed by atoms with E-state index < -0.39 is 34.7 Å². The number of β-lactam (4-membered cyclic amide) rings is 1. The third-order valence-electron chi connectivity index (χ3n) is 3.01. The molecule has 11 nitrogen and oxygen atoms in total. The monoisotopic (exact) mass is 397 g/mol. The molecule has 0 saturated carbocycles. The van der Waals surface area contributed by atoms with Gasteiger partial charge in [0.15, 0.2) is 5.71 Å². The van der Waals surface area contributed by atoms with Crippen molar-refractivity contribution in [2.75, 3.05) is 19.4 Å². The largest absolute Gasteiger partial charge is 0.398 e. The lowest BCUT2D eigenvalue weighted by Gasteiger charge is -2.35. The fraction of sp³-hybridized carbons (Fsp3) is 0.300. The number of nitrogens with two attached hydrogens (primary N) is 1. The first-order valence-corrected chi connectivity index (χ1v) is 9.21. The summed E-state index contributed by atoms with van der Waals surface area (Å²) >= 11 is 0. The average Bonchev–Trinajstić information content (AvgIpc) is 2.87. The average molecular weight is 398 g/mol. The Kier molecular flexibility index (Phi) is 5.27. The molecule has 2 rings (SSSR count). The molecule has 1 fully saturated rings. The number of aromatic amines is 1. The third kappa shape index (κ3) is 3.58. The molecule has 0 radical (unpaired) electrons. The maximum atomic E-state index is 12.3. The smallest absolute Gasteiger partial charge is 0.362 e. The van der Waals surface area contributed by atoms with Crippen LogP contribution in [0, 0.1) is 0 Å². The number of hydrogen-bond donors (Lipinski definition) is 4. The second kappa shape index (κ2) is 6.88. The van der Waals surface area contributed by atoms with Crippen molar-refractivity contribution in [2.24, 2.45) is 5.16 Å². The van der Waals surface area contributed by atoms with Crippen LogP contribution < -0.4 is 11.1 Å². The number of nitrogens with one attached hydrogen (secondary N) is 2. The minimum absolute atomic E-state index is 0.216. The molecular weight excluding hydrogens is 386 g/mol. The van der Waals surface area contributed by atoms with Crippen molar-refractivity contribution in [3.63, 3.8) is 0 Å². The SMILES string of the molecule is CON=C(C(=O)NC1CN(S(=O)(=O)O)C1=O)c1cc(N)[nH]c1SCl. The molecule has 24 heavy (non-hydrogen) atoms. The lowest BCUT2D eigenvalue weighted by molar-refractivity contribution is -0.139. The molecule has 14 heteroatoms. The van der Waals surface area contributed by atoms with Crippen molar-refractivity contribution < 1.29 is 27.4 Å². The summed E-state index contributed by atoms with van der Waals surface area (Å²) in [5, 5.41) is 6.21. The molecule has 1 aliphatic heterocycles. The fourth-order valence-corrected chi connectivity index (χ4v) is 3.39. The summed E-state index contributed by atoms with van der Waals surface area (Å²) in [4.78, 5) is 31.3. The van der Waals surface area contributed by atoms with Crippen molar-refractivity contribution in [1.82, 2.24) is 14.6 Å².